The van der Waals surface area contributed by atoms with Gasteiger partial charge in [-0.2, -0.15) is 0 Å². The van der Waals surface area contributed by atoms with E-state index in [1.54, 1.807) is 0 Å². The van der Waals surface area contributed by atoms with Crippen LogP contribution in [0.1, 0.15) is 32.6 Å². The molecule has 1 saturated carbocycles. The lowest BCUT2D eigenvalue weighted by Gasteiger charge is -2.35. The lowest BCUT2D eigenvalue weighted by Crippen LogP contribution is -2.46. The molecule has 16 heavy (non-hydrogen) atoms. The molecule has 0 radical (unpaired) electrons. The predicted molar refractivity (Wildman–Crippen MR) is 64.1 cm³/mol. The Balaban J connectivity index is 2.28. The number of aliphatic hydroxyl groups is 1. The van der Waals surface area contributed by atoms with Gasteiger partial charge >= 0.3 is 0 Å². The molecule has 0 aromatic rings. The van der Waals surface area contributed by atoms with Crippen LogP contribution in [0.25, 0.3) is 0 Å². The summed E-state index contributed by atoms with van der Waals surface area (Å²) in [6, 6.07) is 0. The number of hydrogen-bond acceptors (Lipinski definition) is 3. The molecule has 1 aliphatic rings. The topological polar surface area (TPSA) is 52.6 Å². The third kappa shape index (κ3) is 4.49. The van der Waals surface area contributed by atoms with E-state index in [1.807, 2.05) is 19.0 Å². The standard InChI is InChI=1S/C12H24N2O2/c1-10-4-6-12(16,7-5-10)9-13-11(15)8-14(2)3/h10,16H,4-9H2,1-3H3,(H,13,15). The molecule has 2 N–H and O–H groups in total. The van der Waals surface area contributed by atoms with Crippen LogP contribution in [0.5, 0.6) is 0 Å². The quantitative estimate of drug-likeness (QED) is 0.741. The molecule has 4 heteroatoms. The summed E-state index contributed by atoms with van der Waals surface area (Å²) in [6.45, 7) is 2.99. The highest BCUT2D eigenvalue weighted by molar-refractivity contribution is 5.78. The van der Waals surface area contributed by atoms with Crippen LogP contribution in [0, 0.1) is 5.92 Å². The van der Waals surface area contributed by atoms with Crippen LogP contribution in [0.3, 0.4) is 0 Å². The average Bonchev–Trinajstić information content (AvgIpc) is 2.20. The van der Waals surface area contributed by atoms with Gasteiger partial charge in [0.25, 0.3) is 0 Å². The Hall–Kier alpha value is -0.610. The van der Waals surface area contributed by atoms with Gasteiger partial charge in [0.1, 0.15) is 0 Å². The van der Waals surface area contributed by atoms with Gasteiger partial charge in [-0.25, -0.2) is 0 Å². The third-order valence-electron chi connectivity index (χ3n) is 3.28. The van der Waals surface area contributed by atoms with Crippen molar-refractivity contribution >= 4 is 5.91 Å². The first-order valence-corrected chi connectivity index (χ1v) is 6.05. The fraction of sp³-hybridized carbons (Fsp3) is 0.917. The largest absolute Gasteiger partial charge is 0.388 e. The number of likely N-dealkylation sites (N-methyl/N-ethyl adjacent to an activating group) is 1. The lowest BCUT2D eigenvalue weighted by atomic mass is 9.79. The number of carbonyl (C=O) groups is 1. The fourth-order valence-corrected chi connectivity index (χ4v) is 2.08. The van der Waals surface area contributed by atoms with E-state index in [0.717, 1.165) is 25.7 Å². The van der Waals surface area contributed by atoms with Crippen molar-refractivity contribution in [1.29, 1.82) is 0 Å². The minimum Gasteiger partial charge on any atom is -0.388 e. The number of nitrogens with one attached hydrogen (secondary N) is 1. The van der Waals surface area contributed by atoms with Gasteiger partial charge in [0.15, 0.2) is 0 Å². The van der Waals surface area contributed by atoms with Crippen LogP contribution in [0.15, 0.2) is 0 Å². The zero-order valence-electron chi connectivity index (χ0n) is 10.6. The fourth-order valence-electron chi connectivity index (χ4n) is 2.08. The van der Waals surface area contributed by atoms with Crippen molar-refractivity contribution in [2.45, 2.75) is 38.2 Å². The van der Waals surface area contributed by atoms with Gasteiger partial charge in [-0.05, 0) is 45.7 Å². The van der Waals surface area contributed by atoms with Gasteiger partial charge < -0.3 is 15.3 Å². The molecule has 1 aliphatic carbocycles. The summed E-state index contributed by atoms with van der Waals surface area (Å²) < 4.78 is 0. The van der Waals surface area contributed by atoms with Crippen LogP contribution in [0.2, 0.25) is 0 Å². The average molecular weight is 228 g/mol. The van der Waals surface area contributed by atoms with Crippen LogP contribution in [0.4, 0.5) is 0 Å². The molecule has 0 aromatic heterocycles. The predicted octanol–water partition coefficient (Wildman–Crippen LogP) is 0.605. The summed E-state index contributed by atoms with van der Waals surface area (Å²) in [6.07, 6.45) is 3.72. The molecule has 1 rings (SSSR count). The Morgan fingerprint density at radius 1 is 1.44 bits per heavy atom. The molecule has 0 aliphatic heterocycles. The first kappa shape index (κ1) is 13.5. The maximum absolute atomic E-state index is 11.4. The number of carbonyl (C=O) groups excluding carboxylic acids is 1. The molecule has 0 unspecified atom stereocenters. The van der Waals surface area contributed by atoms with Gasteiger partial charge in [0.2, 0.25) is 5.91 Å². The molecule has 94 valence electrons. The molecular formula is C12H24N2O2. The summed E-state index contributed by atoms with van der Waals surface area (Å²) >= 11 is 0. The molecule has 4 nitrogen and oxygen atoms in total. The van der Waals surface area contributed by atoms with E-state index in [1.165, 1.54) is 0 Å². The zero-order chi connectivity index (χ0) is 12.2. The highest BCUT2D eigenvalue weighted by Crippen LogP contribution is 2.31. The first-order chi connectivity index (χ1) is 7.41. The maximum Gasteiger partial charge on any atom is 0.234 e. The molecule has 0 atom stereocenters. The summed E-state index contributed by atoms with van der Waals surface area (Å²) in [5.41, 5.74) is -0.672. The summed E-state index contributed by atoms with van der Waals surface area (Å²) in [7, 11) is 3.72. The third-order valence-corrected chi connectivity index (χ3v) is 3.28. The normalized spacial score (nSPS) is 30.4. The molecule has 0 bridgehead atoms. The smallest absolute Gasteiger partial charge is 0.234 e. The van der Waals surface area contributed by atoms with E-state index in [2.05, 4.69) is 12.2 Å². The highest BCUT2D eigenvalue weighted by Gasteiger charge is 2.31. The Morgan fingerprint density at radius 3 is 2.50 bits per heavy atom. The van der Waals surface area contributed by atoms with Crippen molar-refractivity contribution in [3.05, 3.63) is 0 Å². The maximum atomic E-state index is 11.4. The molecule has 0 heterocycles. The molecule has 0 spiro atoms. The van der Waals surface area contributed by atoms with Crippen molar-refractivity contribution in [2.24, 2.45) is 5.92 Å². The Morgan fingerprint density at radius 2 is 2.00 bits per heavy atom. The SMILES string of the molecule is CC1CCC(O)(CNC(=O)CN(C)C)CC1. The van der Waals surface area contributed by atoms with Crippen molar-refractivity contribution in [2.75, 3.05) is 27.2 Å². The van der Waals surface area contributed by atoms with E-state index >= 15 is 0 Å². The minimum absolute atomic E-state index is 0.0166. The van der Waals surface area contributed by atoms with Gasteiger partial charge in [-0.3, -0.25) is 4.79 Å². The monoisotopic (exact) mass is 228 g/mol. The number of rotatable bonds is 4. The highest BCUT2D eigenvalue weighted by atomic mass is 16.3. The van der Waals surface area contributed by atoms with Crippen molar-refractivity contribution in [3.63, 3.8) is 0 Å². The van der Waals surface area contributed by atoms with Gasteiger partial charge in [0, 0.05) is 6.54 Å². The van der Waals surface area contributed by atoms with Crippen molar-refractivity contribution in [1.82, 2.24) is 10.2 Å². The van der Waals surface area contributed by atoms with Crippen LogP contribution in [-0.2, 0) is 4.79 Å². The lowest BCUT2D eigenvalue weighted by molar-refractivity contribution is -0.123. The van der Waals surface area contributed by atoms with E-state index in [9.17, 15) is 9.90 Å². The van der Waals surface area contributed by atoms with E-state index in [0.29, 0.717) is 19.0 Å². The number of nitrogens with zero attached hydrogens (tertiary/aromatic N) is 1. The second kappa shape index (κ2) is 5.64. The Bertz CT molecular complexity index is 233. The molecule has 1 fully saturated rings. The second-order valence-electron chi connectivity index (χ2n) is 5.42. The first-order valence-electron chi connectivity index (χ1n) is 6.05. The Labute approximate surface area is 98.0 Å². The number of hydrogen-bond donors (Lipinski definition) is 2. The Kier molecular flexibility index (Phi) is 4.74. The summed E-state index contributed by atoms with van der Waals surface area (Å²) in [4.78, 5) is 13.3. The van der Waals surface area contributed by atoms with Crippen LogP contribution < -0.4 is 5.32 Å². The summed E-state index contributed by atoms with van der Waals surface area (Å²) in [5.74, 6) is 0.690. The summed E-state index contributed by atoms with van der Waals surface area (Å²) in [5, 5.41) is 13.1. The molecular weight excluding hydrogens is 204 g/mol. The number of amides is 1. The second-order valence-corrected chi connectivity index (χ2v) is 5.42. The molecule has 0 saturated heterocycles. The van der Waals surface area contributed by atoms with Gasteiger partial charge in [-0.15, -0.1) is 0 Å². The van der Waals surface area contributed by atoms with Gasteiger partial charge in [0.05, 0.1) is 12.1 Å². The van der Waals surface area contributed by atoms with Crippen molar-refractivity contribution < 1.29 is 9.90 Å². The van der Waals surface area contributed by atoms with E-state index in [4.69, 9.17) is 0 Å². The molecule has 1 amide bonds. The van der Waals surface area contributed by atoms with Crippen LogP contribution >= 0.6 is 0 Å². The zero-order valence-corrected chi connectivity index (χ0v) is 10.6. The minimum atomic E-state index is -0.672. The van der Waals surface area contributed by atoms with E-state index < -0.39 is 5.60 Å². The van der Waals surface area contributed by atoms with E-state index in [-0.39, 0.29) is 5.91 Å². The van der Waals surface area contributed by atoms with Crippen molar-refractivity contribution in [3.8, 4) is 0 Å². The van der Waals surface area contributed by atoms with Crippen LogP contribution in [-0.4, -0.2) is 48.7 Å². The molecule has 0 aromatic carbocycles. The van der Waals surface area contributed by atoms with Gasteiger partial charge in [-0.1, -0.05) is 6.92 Å².